The molecular weight excluding hydrogens is 198 g/mol. The zero-order valence-electron chi connectivity index (χ0n) is 10.8. The van der Waals surface area contributed by atoms with Crippen LogP contribution in [0.4, 0.5) is 0 Å². The van der Waals surface area contributed by atoms with Crippen LogP contribution < -0.4 is 0 Å². The van der Waals surface area contributed by atoms with Crippen LogP contribution in [0.5, 0.6) is 0 Å². The third-order valence-corrected chi connectivity index (χ3v) is 4.41. The van der Waals surface area contributed by atoms with Gasteiger partial charge in [0.15, 0.2) is 0 Å². The molecular formula is C14H23NO. The third kappa shape index (κ3) is 2.02. The van der Waals surface area contributed by atoms with Crippen LogP contribution >= 0.6 is 0 Å². The molecule has 16 heavy (non-hydrogen) atoms. The Hall–Kier alpha value is -0.790. The van der Waals surface area contributed by atoms with E-state index in [0.717, 1.165) is 17.8 Å². The predicted molar refractivity (Wildman–Crippen MR) is 67.3 cm³/mol. The van der Waals surface area contributed by atoms with Gasteiger partial charge in [0.1, 0.15) is 7.11 Å². The first-order valence-corrected chi connectivity index (χ1v) is 6.38. The van der Waals surface area contributed by atoms with Crippen molar-refractivity contribution in [2.24, 2.45) is 34.7 Å². The van der Waals surface area contributed by atoms with Crippen molar-refractivity contribution in [3.63, 3.8) is 0 Å². The summed E-state index contributed by atoms with van der Waals surface area (Å²) in [5, 5.41) is 3.95. The second-order valence-corrected chi connectivity index (χ2v) is 5.66. The minimum Gasteiger partial charge on any atom is -0.399 e. The molecule has 1 saturated carbocycles. The Bertz CT molecular complexity index is 306. The standard InChI is InChI=1S/C14H23NO/c1-9(2)13-6-11-5-10(3)14(13)7-12(11)8-15-16-4/h5,8-9,11-14H,6-7H2,1-4H3. The Labute approximate surface area is 98.7 Å². The molecule has 4 unspecified atom stereocenters. The average molecular weight is 221 g/mol. The topological polar surface area (TPSA) is 21.6 Å². The van der Waals surface area contributed by atoms with Crippen molar-refractivity contribution in [2.75, 3.05) is 7.11 Å². The zero-order chi connectivity index (χ0) is 11.7. The highest BCUT2D eigenvalue weighted by Crippen LogP contribution is 2.49. The van der Waals surface area contributed by atoms with Gasteiger partial charge in [-0.1, -0.05) is 30.7 Å². The van der Waals surface area contributed by atoms with Gasteiger partial charge in [-0.05, 0) is 43.4 Å². The molecule has 0 amide bonds. The SMILES string of the molecule is CON=CC1CC2C(C)=CC1CC2C(C)C. The quantitative estimate of drug-likeness (QED) is 0.406. The summed E-state index contributed by atoms with van der Waals surface area (Å²) in [4.78, 5) is 4.80. The van der Waals surface area contributed by atoms with Crippen molar-refractivity contribution in [2.45, 2.75) is 33.6 Å². The van der Waals surface area contributed by atoms with E-state index >= 15 is 0 Å². The van der Waals surface area contributed by atoms with Crippen LogP contribution in [-0.4, -0.2) is 13.3 Å². The molecule has 0 aromatic carbocycles. The molecule has 2 heteroatoms. The fourth-order valence-corrected chi connectivity index (χ4v) is 3.52. The number of hydrogen-bond acceptors (Lipinski definition) is 2. The summed E-state index contributed by atoms with van der Waals surface area (Å²) in [6, 6.07) is 0. The number of allylic oxidation sites excluding steroid dienone is 2. The first-order chi connectivity index (χ1) is 7.63. The van der Waals surface area contributed by atoms with Gasteiger partial charge in [-0.25, -0.2) is 0 Å². The monoisotopic (exact) mass is 221 g/mol. The molecule has 1 fully saturated rings. The smallest absolute Gasteiger partial charge is 0.106 e. The lowest BCUT2D eigenvalue weighted by atomic mass is 9.58. The maximum atomic E-state index is 4.80. The minimum absolute atomic E-state index is 0.601. The van der Waals surface area contributed by atoms with Crippen LogP contribution in [0, 0.1) is 29.6 Å². The summed E-state index contributed by atoms with van der Waals surface area (Å²) in [7, 11) is 1.62. The van der Waals surface area contributed by atoms with E-state index in [9.17, 15) is 0 Å². The summed E-state index contributed by atoms with van der Waals surface area (Å²) in [6.07, 6.45) is 7.08. The summed E-state index contributed by atoms with van der Waals surface area (Å²) in [6.45, 7) is 7.02. The highest BCUT2D eigenvalue weighted by molar-refractivity contribution is 5.62. The molecule has 0 aromatic rings. The van der Waals surface area contributed by atoms with Crippen molar-refractivity contribution >= 4 is 6.21 Å². The van der Waals surface area contributed by atoms with Crippen LogP contribution in [0.15, 0.2) is 16.8 Å². The van der Waals surface area contributed by atoms with E-state index in [2.05, 4.69) is 32.0 Å². The minimum atomic E-state index is 0.601. The lowest BCUT2D eigenvalue weighted by molar-refractivity contribution is 0.132. The van der Waals surface area contributed by atoms with Gasteiger partial charge in [0.25, 0.3) is 0 Å². The lowest BCUT2D eigenvalue weighted by Crippen LogP contribution is -2.39. The molecule has 2 bridgehead atoms. The molecule has 3 rings (SSSR count). The van der Waals surface area contributed by atoms with Gasteiger partial charge in [-0.3, -0.25) is 0 Å². The molecule has 0 radical (unpaired) electrons. The second-order valence-electron chi connectivity index (χ2n) is 5.66. The van der Waals surface area contributed by atoms with Gasteiger partial charge >= 0.3 is 0 Å². The largest absolute Gasteiger partial charge is 0.399 e. The fourth-order valence-electron chi connectivity index (χ4n) is 3.52. The Morgan fingerprint density at radius 2 is 2.19 bits per heavy atom. The molecule has 0 aromatic heterocycles. The molecule has 0 saturated heterocycles. The molecule has 4 atom stereocenters. The van der Waals surface area contributed by atoms with E-state index < -0.39 is 0 Å². The summed E-state index contributed by atoms with van der Waals surface area (Å²) >= 11 is 0. The van der Waals surface area contributed by atoms with E-state index in [0.29, 0.717) is 11.8 Å². The normalized spacial score (nSPS) is 38.2. The number of fused-ring (bicyclic) bond motifs is 2. The molecule has 3 aliphatic carbocycles. The van der Waals surface area contributed by atoms with Crippen molar-refractivity contribution in [3.8, 4) is 0 Å². The molecule has 0 spiro atoms. The maximum absolute atomic E-state index is 4.80. The van der Waals surface area contributed by atoms with E-state index in [-0.39, 0.29) is 0 Å². The summed E-state index contributed by atoms with van der Waals surface area (Å²) in [5.41, 5.74) is 1.61. The Morgan fingerprint density at radius 1 is 1.44 bits per heavy atom. The predicted octanol–water partition coefficient (Wildman–Crippen LogP) is 3.49. The first-order valence-electron chi connectivity index (χ1n) is 6.38. The van der Waals surface area contributed by atoms with Crippen molar-refractivity contribution in [1.29, 1.82) is 0 Å². The van der Waals surface area contributed by atoms with Gasteiger partial charge < -0.3 is 4.84 Å². The lowest BCUT2D eigenvalue weighted by Gasteiger charge is -2.46. The molecule has 2 nitrogen and oxygen atoms in total. The number of oxime groups is 1. The highest BCUT2D eigenvalue weighted by Gasteiger charge is 2.41. The van der Waals surface area contributed by atoms with Gasteiger partial charge in [-0.2, -0.15) is 0 Å². The average Bonchev–Trinajstić information content (AvgIpc) is 2.26. The van der Waals surface area contributed by atoms with Crippen LogP contribution in [0.25, 0.3) is 0 Å². The number of rotatable bonds is 3. The van der Waals surface area contributed by atoms with Gasteiger partial charge in [0, 0.05) is 12.1 Å². The van der Waals surface area contributed by atoms with Crippen LogP contribution in [0.1, 0.15) is 33.6 Å². The Morgan fingerprint density at radius 3 is 2.75 bits per heavy atom. The van der Waals surface area contributed by atoms with E-state index in [1.807, 2.05) is 6.21 Å². The van der Waals surface area contributed by atoms with Crippen LogP contribution in [0.3, 0.4) is 0 Å². The molecule has 0 N–H and O–H groups in total. The van der Waals surface area contributed by atoms with Gasteiger partial charge in [0.05, 0.1) is 0 Å². The Balaban J connectivity index is 2.13. The van der Waals surface area contributed by atoms with Crippen LogP contribution in [-0.2, 0) is 4.84 Å². The molecule has 90 valence electrons. The Kier molecular flexibility index (Phi) is 3.36. The van der Waals surface area contributed by atoms with E-state index in [4.69, 9.17) is 4.84 Å². The second kappa shape index (κ2) is 4.60. The first kappa shape index (κ1) is 11.7. The van der Waals surface area contributed by atoms with Crippen molar-refractivity contribution in [1.82, 2.24) is 0 Å². The highest BCUT2D eigenvalue weighted by atomic mass is 16.6. The summed E-state index contributed by atoms with van der Waals surface area (Å²) in [5.74, 6) is 3.75. The maximum Gasteiger partial charge on any atom is 0.106 e. The molecule has 0 aliphatic heterocycles. The number of hydrogen-bond donors (Lipinski definition) is 0. The fraction of sp³-hybridized carbons (Fsp3) is 0.786. The summed E-state index contributed by atoms with van der Waals surface area (Å²) < 4.78 is 0. The van der Waals surface area contributed by atoms with Gasteiger partial charge in [0.2, 0.25) is 0 Å². The van der Waals surface area contributed by atoms with Crippen molar-refractivity contribution in [3.05, 3.63) is 11.6 Å². The van der Waals surface area contributed by atoms with E-state index in [1.54, 1.807) is 12.7 Å². The van der Waals surface area contributed by atoms with Crippen LogP contribution in [0.2, 0.25) is 0 Å². The third-order valence-electron chi connectivity index (χ3n) is 4.41. The number of nitrogens with zero attached hydrogens (tertiary/aromatic N) is 1. The zero-order valence-corrected chi connectivity index (χ0v) is 10.8. The molecule has 3 aliphatic rings. The van der Waals surface area contributed by atoms with E-state index in [1.165, 1.54) is 12.8 Å². The van der Waals surface area contributed by atoms with Crippen molar-refractivity contribution < 1.29 is 4.84 Å². The van der Waals surface area contributed by atoms with Gasteiger partial charge in [-0.15, -0.1) is 0 Å². The molecule has 0 heterocycles.